The molecule has 0 aliphatic carbocycles. The van der Waals surface area contributed by atoms with Gasteiger partial charge in [-0.2, -0.15) is 18.2 Å². The average molecular weight is 737 g/mol. The van der Waals surface area contributed by atoms with Crippen molar-refractivity contribution in [3.63, 3.8) is 0 Å². The van der Waals surface area contributed by atoms with Gasteiger partial charge in [-0.05, 0) is 59.5 Å². The van der Waals surface area contributed by atoms with Gasteiger partial charge in [-0.15, -0.1) is 0 Å². The number of sulfonamides is 1. The molecule has 4 aromatic rings. The smallest absolute Gasteiger partial charge is 0.369 e. The van der Waals surface area contributed by atoms with Crippen molar-refractivity contribution in [2.75, 3.05) is 59.3 Å². The number of nitrogens with one attached hydrogen (secondary N) is 3. The number of hydrogen-bond donors (Lipinski definition) is 3. The highest BCUT2D eigenvalue weighted by atomic mass is 32.2. The molecular formula is C36H39F3N8O4S. The van der Waals surface area contributed by atoms with Crippen LogP contribution in [0.1, 0.15) is 41.0 Å². The number of hydrogen-bond acceptors (Lipinski definition) is 10. The zero-order valence-corrected chi connectivity index (χ0v) is 29.5. The molecule has 2 aliphatic heterocycles. The van der Waals surface area contributed by atoms with Crippen molar-refractivity contribution in [2.45, 2.75) is 38.0 Å². The van der Waals surface area contributed by atoms with E-state index in [0.29, 0.717) is 36.3 Å². The zero-order chi connectivity index (χ0) is 37.0. The second kappa shape index (κ2) is 15.2. The molecule has 1 aromatic heterocycles. The molecule has 6 rings (SSSR count). The summed E-state index contributed by atoms with van der Waals surface area (Å²) in [5.41, 5.74) is 3.53. The van der Waals surface area contributed by atoms with Gasteiger partial charge in [-0.25, -0.2) is 13.4 Å². The maximum absolute atomic E-state index is 13.9. The summed E-state index contributed by atoms with van der Waals surface area (Å²) in [6.07, 6.45) is -2.08. The minimum Gasteiger partial charge on any atom is -0.369 e. The van der Waals surface area contributed by atoms with Crippen molar-refractivity contribution in [1.29, 1.82) is 0 Å². The number of aromatic nitrogens is 2. The van der Waals surface area contributed by atoms with Gasteiger partial charge >= 0.3 is 6.18 Å². The highest BCUT2D eigenvalue weighted by Gasteiger charge is 2.35. The third-order valence-electron chi connectivity index (χ3n) is 9.25. The number of nitrogens with zero attached hydrogens (tertiary/aromatic N) is 5. The quantitative estimate of drug-likeness (QED) is 0.179. The standard InChI is InChI=1S/C36H39F3N8O4S/c1-45(52(2,50)51)28-8-5-6-24(20-28)21-40-33-31(36(37,38)39)22-41-35(44-33)42-26-10-12-27(13-11-26)47-18-16-46(17-19-47)23-25-7-3-4-9-29(25)30-14-15-32(48)43-34(30)49/h3-13,20,22,30H,14-19,21,23H2,1-2H3,(H,43,48,49)(H2,40,41,42,44). The maximum atomic E-state index is 13.9. The Bertz CT molecular complexity index is 2040. The fourth-order valence-electron chi connectivity index (χ4n) is 6.32. The van der Waals surface area contributed by atoms with Crippen LogP contribution in [0.5, 0.6) is 0 Å². The van der Waals surface area contributed by atoms with Gasteiger partial charge in [0.05, 0.1) is 17.9 Å². The molecule has 274 valence electrons. The van der Waals surface area contributed by atoms with Crippen LogP contribution in [0.15, 0.2) is 79.0 Å². The molecule has 1 atom stereocenters. The molecule has 0 saturated carbocycles. The number of anilines is 5. The van der Waals surface area contributed by atoms with Crippen molar-refractivity contribution in [3.05, 3.63) is 101 Å². The lowest BCUT2D eigenvalue weighted by atomic mass is 9.87. The van der Waals surface area contributed by atoms with Crippen LogP contribution < -0.4 is 25.2 Å². The van der Waals surface area contributed by atoms with Crippen LogP contribution in [0.3, 0.4) is 0 Å². The topological polar surface area (TPSA) is 140 Å². The SMILES string of the molecule is CN(c1cccc(CNc2nc(Nc3ccc(N4CCN(Cc5ccccc5C5CCC(=O)NC5=O)CC4)cc3)ncc2C(F)(F)F)c1)S(C)(=O)=O. The Kier molecular flexibility index (Phi) is 10.7. The number of benzene rings is 3. The highest BCUT2D eigenvalue weighted by molar-refractivity contribution is 7.92. The van der Waals surface area contributed by atoms with Gasteiger partial charge in [0, 0.05) is 70.3 Å². The van der Waals surface area contributed by atoms with Gasteiger partial charge in [-0.1, -0.05) is 36.4 Å². The zero-order valence-electron chi connectivity index (χ0n) is 28.7. The molecule has 0 spiro atoms. The lowest BCUT2D eigenvalue weighted by Crippen LogP contribution is -2.46. The maximum Gasteiger partial charge on any atom is 0.421 e. The molecular weight excluding hydrogens is 698 g/mol. The molecule has 12 nitrogen and oxygen atoms in total. The first-order valence-corrected chi connectivity index (χ1v) is 18.6. The summed E-state index contributed by atoms with van der Waals surface area (Å²) in [7, 11) is -2.12. The summed E-state index contributed by atoms with van der Waals surface area (Å²) in [5, 5.41) is 8.19. The first kappa shape index (κ1) is 36.6. The Hall–Kier alpha value is -5.22. The number of amides is 2. The number of piperazine rings is 1. The minimum atomic E-state index is -4.71. The molecule has 2 aliphatic rings. The molecule has 1 unspecified atom stereocenters. The molecule has 2 saturated heterocycles. The van der Waals surface area contributed by atoms with E-state index in [2.05, 4.69) is 35.7 Å². The summed E-state index contributed by atoms with van der Waals surface area (Å²) in [5.74, 6) is -1.25. The molecule has 3 N–H and O–H groups in total. The van der Waals surface area contributed by atoms with Crippen LogP contribution in [-0.2, 0) is 38.9 Å². The van der Waals surface area contributed by atoms with Crippen LogP contribution in [0.25, 0.3) is 0 Å². The Morgan fingerprint density at radius 1 is 0.981 bits per heavy atom. The predicted octanol–water partition coefficient (Wildman–Crippen LogP) is 5.09. The minimum absolute atomic E-state index is 0.0278. The van der Waals surface area contributed by atoms with Crippen LogP contribution in [0.4, 0.5) is 42.0 Å². The fraction of sp³-hybridized carbons (Fsp3) is 0.333. The van der Waals surface area contributed by atoms with Gasteiger partial charge in [0.15, 0.2) is 0 Å². The molecule has 52 heavy (non-hydrogen) atoms. The summed E-state index contributed by atoms with van der Waals surface area (Å²) < 4.78 is 66.6. The molecule has 2 amide bonds. The van der Waals surface area contributed by atoms with E-state index < -0.39 is 27.6 Å². The monoisotopic (exact) mass is 736 g/mol. The number of carbonyl (C=O) groups is 2. The number of alkyl halides is 3. The summed E-state index contributed by atoms with van der Waals surface area (Å²) in [6.45, 7) is 3.81. The lowest BCUT2D eigenvalue weighted by molar-refractivity contribution is -0.137. The van der Waals surface area contributed by atoms with E-state index in [1.807, 2.05) is 48.5 Å². The largest absolute Gasteiger partial charge is 0.421 e. The van der Waals surface area contributed by atoms with E-state index in [0.717, 1.165) is 59.8 Å². The van der Waals surface area contributed by atoms with Crippen LogP contribution >= 0.6 is 0 Å². The Morgan fingerprint density at radius 2 is 1.71 bits per heavy atom. The van der Waals surface area contributed by atoms with Gasteiger partial charge < -0.3 is 15.5 Å². The van der Waals surface area contributed by atoms with Crippen molar-refractivity contribution in [3.8, 4) is 0 Å². The highest BCUT2D eigenvalue weighted by Crippen LogP contribution is 2.35. The predicted molar refractivity (Wildman–Crippen MR) is 193 cm³/mol. The summed E-state index contributed by atoms with van der Waals surface area (Å²) >= 11 is 0. The Balaban J connectivity index is 1.07. The fourth-order valence-corrected chi connectivity index (χ4v) is 6.82. The molecule has 0 radical (unpaired) electrons. The summed E-state index contributed by atoms with van der Waals surface area (Å²) in [6, 6.07) is 21.9. The number of carbonyl (C=O) groups excluding carboxylic acids is 2. The van der Waals surface area contributed by atoms with Crippen LogP contribution in [0, 0.1) is 0 Å². The molecule has 3 heterocycles. The molecule has 16 heteroatoms. The van der Waals surface area contributed by atoms with Crippen molar-refractivity contribution >= 4 is 50.7 Å². The van der Waals surface area contributed by atoms with E-state index in [1.165, 1.54) is 7.05 Å². The van der Waals surface area contributed by atoms with E-state index in [4.69, 9.17) is 0 Å². The number of rotatable bonds is 11. The number of piperidine rings is 1. The van der Waals surface area contributed by atoms with Crippen molar-refractivity contribution < 1.29 is 31.2 Å². The Morgan fingerprint density at radius 3 is 2.40 bits per heavy atom. The molecule has 0 bridgehead atoms. The lowest BCUT2D eigenvalue weighted by Gasteiger charge is -2.36. The van der Waals surface area contributed by atoms with Gasteiger partial charge in [-0.3, -0.25) is 24.1 Å². The number of imide groups is 1. The third-order valence-corrected chi connectivity index (χ3v) is 10.5. The average Bonchev–Trinajstić information content (AvgIpc) is 3.11. The first-order valence-electron chi connectivity index (χ1n) is 16.7. The Labute approximate surface area is 300 Å². The van der Waals surface area contributed by atoms with E-state index in [9.17, 15) is 31.2 Å². The molecule has 3 aromatic carbocycles. The van der Waals surface area contributed by atoms with Gasteiger partial charge in [0.25, 0.3) is 0 Å². The normalized spacial score (nSPS) is 17.1. The van der Waals surface area contributed by atoms with E-state index in [-0.39, 0.29) is 30.2 Å². The first-order chi connectivity index (χ1) is 24.7. The van der Waals surface area contributed by atoms with Crippen molar-refractivity contribution in [1.82, 2.24) is 20.2 Å². The third kappa shape index (κ3) is 8.80. The second-order valence-electron chi connectivity index (χ2n) is 12.8. The van der Waals surface area contributed by atoms with E-state index in [1.54, 1.807) is 24.3 Å². The molecule has 2 fully saturated rings. The van der Waals surface area contributed by atoms with Crippen LogP contribution in [0.2, 0.25) is 0 Å². The van der Waals surface area contributed by atoms with E-state index >= 15 is 0 Å². The second-order valence-corrected chi connectivity index (χ2v) is 14.9. The van der Waals surface area contributed by atoms with Crippen LogP contribution in [-0.4, -0.2) is 74.6 Å². The number of halogens is 3. The van der Waals surface area contributed by atoms with Crippen molar-refractivity contribution in [2.24, 2.45) is 0 Å². The summed E-state index contributed by atoms with van der Waals surface area (Å²) in [4.78, 5) is 36.8. The van der Waals surface area contributed by atoms with Gasteiger partial charge in [0.1, 0.15) is 11.4 Å². The van der Waals surface area contributed by atoms with Gasteiger partial charge in [0.2, 0.25) is 27.8 Å².